The highest BCUT2D eigenvalue weighted by molar-refractivity contribution is 7.89. The van der Waals surface area contributed by atoms with Crippen molar-refractivity contribution >= 4 is 33.4 Å². The number of likely N-dealkylation sites (tertiary alicyclic amines) is 1. The lowest BCUT2D eigenvalue weighted by Crippen LogP contribution is -2.52. The van der Waals surface area contributed by atoms with E-state index < -0.39 is 33.8 Å². The highest BCUT2D eigenvalue weighted by Gasteiger charge is 2.39. The van der Waals surface area contributed by atoms with Crippen molar-refractivity contribution in [2.24, 2.45) is 0 Å². The van der Waals surface area contributed by atoms with Gasteiger partial charge in [0, 0.05) is 24.7 Å². The normalized spacial score (nSPS) is 21.2. The minimum Gasteiger partial charge on any atom is -0.378 e. The van der Waals surface area contributed by atoms with E-state index in [-0.39, 0.29) is 41.6 Å². The van der Waals surface area contributed by atoms with Crippen LogP contribution in [0.2, 0.25) is 5.02 Å². The molecule has 0 spiro atoms. The summed E-state index contributed by atoms with van der Waals surface area (Å²) in [5.41, 5.74) is 0.230. The number of carbonyl (C=O) groups is 2. The third kappa shape index (κ3) is 5.48. The second kappa shape index (κ2) is 9.59. The maximum atomic E-state index is 13.9. The van der Waals surface area contributed by atoms with Crippen LogP contribution in [-0.2, 0) is 30.8 Å². The first-order valence-electron chi connectivity index (χ1n) is 9.79. The molecule has 2 fully saturated rings. The number of nitrogens with one attached hydrogen (secondary N) is 1. The molecule has 0 aromatic heterocycles. The summed E-state index contributed by atoms with van der Waals surface area (Å²) in [6.07, 6.45) is 0.225. The fraction of sp³-hybridized carbons (Fsp3) is 0.579. The van der Waals surface area contributed by atoms with Crippen LogP contribution >= 0.6 is 11.6 Å². The van der Waals surface area contributed by atoms with Crippen LogP contribution in [0, 0.1) is 5.82 Å². The first kappa shape index (κ1) is 22.9. The van der Waals surface area contributed by atoms with Gasteiger partial charge < -0.3 is 14.5 Å². The van der Waals surface area contributed by atoms with Gasteiger partial charge in [-0.3, -0.25) is 9.59 Å². The highest BCUT2D eigenvalue weighted by atomic mass is 35.5. The molecule has 2 aliphatic heterocycles. The molecule has 2 atom stereocenters. The van der Waals surface area contributed by atoms with Crippen LogP contribution in [0.1, 0.15) is 18.9 Å². The second-order valence-electron chi connectivity index (χ2n) is 7.41. The first-order valence-corrected chi connectivity index (χ1v) is 11.8. The van der Waals surface area contributed by atoms with Crippen molar-refractivity contribution in [2.45, 2.75) is 31.8 Å². The molecule has 11 heteroatoms. The molecule has 3 rings (SSSR count). The lowest BCUT2D eigenvalue weighted by Gasteiger charge is -2.32. The second-order valence-corrected chi connectivity index (χ2v) is 9.72. The number of morpholine rings is 1. The zero-order chi connectivity index (χ0) is 21.9. The molecule has 1 aromatic carbocycles. The Morgan fingerprint density at radius 2 is 2.03 bits per heavy atom. The number of amides is 2. The van der Waals surface area contributed by atoms with Crippen molar-refractivity contribution in [2.75, 3.05) is 38.6 Å². The molecule has 166 valence electrons. The number of aryl methyl sites for hydroxylation is 1. The van der Waals surface area contributed by atoms with Crippen LogP contribution in [0.5, 0.6) is 0 Å². The van der Waals surface area contributed by atoms with Gasteiger partial charge >= 0.3 is 0 Å². The predicted molar refractivity (Wildman–Crippen MR) is 109 cm³/mol. The molecule has 0 saturated carbocycles. The SMILES string of the molecule is C[C@@H](C(=O)N1CCOCC1)N1CCC(NS(=O)(=O)CCc2ccc(Cl)cc2F)C1=O. The average Bonchev–Trinajstić information content (AvgIpc) is 3.06. The molecule has 8 nitrogen and oxygen atoms in total. The Labute approximate surface area is 180 Å². The van der Waals surface area contributed by atoms with Gasteiger partial charge in [0.1, 0.15) is 17.9 Å². The van der Waals surface area contributed by atoms with E-state index in [1.807, 2.05) is 0 Å². The molecule has 0 bridgehead atoms. The smallest absolute Gasteiger partial charge is 0.245 e. The van der Waals surface area contributed by atoms with Crippen LogP contribution < -0.4 is 4.72 Å². The molecule has 1 aromatic rings. The van der Waals surface area contributed by atoms with Crippen LogP contribution in [0.25, 0.3) is 0 Å². The number of benzene rings is 1. The molecule has 30 heavy (non-hydrogen) atoms. The number of nitrogens with zero attached hydrogens (tertiary/aromatic N) is 2. The van der Waals surface area contributed by atoms with E-state index in [9.17, 15) is 22.4 Å². The summed E-state index contributed by atoms with van der Waals surface area (Å²) in [6, 6.07) is 2.46. The number of sulfonamides is 1. The van der Waals surface area contributed by atoms with Gasteiger partial charge in [-0.15, -0.1) is 0 Å². The van der Waals surface area contributed by atoms with Gasteiger partial charge in [0.2, 0.25) is 21.8 Å². The Balaban J connectivity index is 1.56. The summed E-state index contributed by atoms with van der Waals surface area (Å²) < 4.78 is 46.3. The van der Waals surface area contributed by atoms with Gasteiger partial charge in [0.05, 0.1) is 19.0 Å². The van der Waals surface area contributed by atoms with Crippen molar-refractivity contribution in [3.05, 3.63) is 34.6 Å². The van der Waals surface area contributed by atoms with Crippen molar-refractivity contribution in [1.82, 2.24) is 14.5 Å². The van der Waals surface area contributed by atoms with E-state index in [2.05, 4.69) is 4.72 Å². The standard InChI is InChI=1S/C19H25ClFN3O5S/c1-13(18(25)23-7-9-29-10-8-23)24-6-4-17(19(24)26)22-30(27,28)11-5-14-2-3-15(20)12-16(14)21/h2-3,12-13,17,22H,4-11H2,1H3/t13-,17?/m0/s1. The Morgan fingerprint density at radius 1 is 1.33 bits per heavy atom. The number of hydrogen-bond donors (Lipinski definition) is 1. The third-order valence-electron chi connectivity index (χ3n) is 5.36. The fourth-order valence-electron chi connectivity index (χ4n) is 3.62. The number of rotatable bonds is 7. The molecule has 0 radical (unpaired) electrons. The van der Waals surface area contributed by atoms with E-state index in [0.29, 0.717) is 26.3 Å². The van der Waals surface area contributed by atoms with Gasteiger partial charge in [0.25, 0.3) is 0 Å². The number of ether oxygens (including phenoxy) is 1. The summed E-state index contributed by atoms with van der Waals surface area (Å²) in [7, 11) is -3.82. The first-order chi connectivity index (χ1) is 14.2. The number of halogens is 2. The predicted octanol–water partition coefficient (Wildman–Crippen LogP) is 0.789. The van der Waals surface area contributed by atoms with Crippen LogP contribution in [-0.4, -0.2) is 80.7 Å². The van der Waals surface area contributed by atoms with E-state index in [1.54, 1.807) is 11.8 Å². The quantitative estimate of drug-likeness (QED) is 0.647. The Bertz CT molecular complexity index is 907. The van der Waals surface area contributed by atoms with Crippen molar-refractivity contribution in [3.8, 4) is 0 Å². The van der Waals surface area contributed by atoms with Gasteiger partial charge in [-0.05, 0) is 37.5 Å². The third-order valence-corrected chi connectivity index (χ3v) is 6.98. The number of hydrogen-bond acceptors (Lipinski definition) is 5. The summed E-state index contributed by atoms with van der Waals surface area (Å²) in [4.78, 5) is 28.4. The lowest BCUT2D eigenvalue weighted by atomic mass is 10.2. The summed E-state index contributed by atoms with van der Waals surface area (Å²) >= 11 is 5.70. The number of carbonyl (C=O) groups excluding carboxylic acids is 2. The van der Waals surface area contributed by atoms with E-state index in [0.717, 1.165) is 6.07 Å². The van der Waals surface area contributed by atoms with Crippen molar-refractivity contribution < 1.29 is 27.1 Å². The molecular weight excluding hydrogens is 437 g/mol. The fourth-order valence-corrected chi connectivity index (χ4v) is 5.04. The summed E-state index contributed by atoms with van der Waals surface area (Å²) in [6.45, 7) is 3.81. The largest absolute Gasteiger partial charge is 0.378 e. The van der Waals surface area contributed by atoms with Crippen LogP contribution in [0.3, 0.4) is 0 Å². The van der Waals surface area contributed by atoms with Crippen LogP contribution in [0.4, 0.5) is 4.39 Å². The summed E-state index contributed by atoms with van der Waals surface area (Å²) in [5, 5.41) is 0.231. The monoisotopic (exact) mass is 461 g/mol. The topological polar surface area (TPSA) is 96.0 Å². The minimum atomic E-state index is -3.82. The molecule has 1 N–H and O–H groups in total. The van der Waals surface area contributed by atoms with Crippen LogP contribution in [0.15, 0.2) is 18.2 Å². The summed E-state index contributed by atoms with van der Waals surface area (Å²) in [5.74, 6) is -1.53. The van der Waals surface area contributed by atoms with E-state index in [1.165, 1.54) is 17.0 Å². The maximum absolute atomic E-state index is 13.9. The van der Waals surface area contributed by atoms with Crippen molar-refractivity contribution in [3.63, 3.8) is 0 Å². The molecule has 0 aliphatic carbocycles. The van der Waals surface area contributed by atoms with Gasteiger partial charge in [-0.1, -0.05) is 17.7 Å². The molecule has 2 amide bonds. The average molecular weight is 462 g/mol. The Hall–Kier alpha value is -1.75. The zero-order valence-corrected chi connectivity index (χ0v) is 18.2. The minimum absolute atomic E-state index is 0.0467. The van der Waals surface area contributed by atoms with Crippen molar-refractivity contribution in [1.29, 1.82) is 0 Å². The zero-order valence-electron chi connectivity index (χ0n) is 16.6. The highest BCUT2D eigenvalue weighted by Crippen LogP contribution is 2.19. The Morgan fingerprint density at radius 3 is 2.70 bits per heavy atom. The van der Waals surface area contributed by atoms with E-state index >= 15 is 0 Å². The molecule has 1 unspecified atom stereocenters. The lowest BCUT2D eigenvalue weighted by molar-refractivity contribution is -0.146. The maximum Gasteiger partial charge on any atom is 0.245 e. The Kier molecular flexibility index (Phi) is 7.33. The van der Waals surface area contributed by atoms with Gasteiger partial charge in [-0.2, -0.15) is 0 Å². The molecule has 2 heterocycles. The molecule has 2 aliphatic rings. The molecular formula is C19H25ClFN3O5S. The van der Waals surface area contributed by atoms with E-state index in [4.69, 9.17) is 16.3 Å². The molecule has 2 saturated heterocycles. The van der Waals surface area contributed by atoms with Gasteiger partial charge in [0.15, 0.2) is 0 Å². The van der Waals surface area contributed by atoms with Gasteiger partial charge in [-0.25, -0.2) is 17.5 Å².